The van der Waals surface area contributed by atoms with E-state index in [-0.39, 0.29) is 11.2 Å². The van der Waals surface area contributed by atoms with Crippen LogP contribution in [0.4, 0.5) is 0 Å². The van der Waals surface area contributed by atoms with E-state index in [4.69, 9.17) is 18.9 Å². The lowest BCUT2D eigenvalue weighted by atomic mass is 9.72. The predicted octanol–water partition coefficient (Wildman–Crippen LogP) is 1.36. The van der Waals surface area contributed by atoms with Gasteiger partial charge in [-0.05, 0) is 25.8 Å². The highest BCUT2D eigenvalue weighted by Gasteiger charge is 2.49. The second-order valence-electron chi connectivity index (χ2n) is 6.73. The largest absolute Gasteiger partial charge is 0.381 e. The van der Waals surface area contributed by atoms with E-state index in [2.05, 4.69) is 12.4 Å². The van der Waals surface area contributed by atoms with Crippen LogP contribution in [0.1, 0.15) is 32.1 Å². The minimum absolute atomic E-state index is 0.0435. The van der Waals surface area contributed by atoms with E-state index >= 15 is 0 Å². The zero-order valence-electron chi connectivity index (χ0n) is 13.4. The molecule has 0 bridgehead atoms. The number of rotatable bonds is 4. The Hall–Kier alpha value is -0.200. The van der Waals surface area contributed by atoms with Gasteiger partial charge in [0.2, 0.25) is 0 Å². The van der Waals surface area contributed by atoms with E-state index in [1.165, 1.54) is 0 Å². The Morgan fingerprint density at radius 1 is 1.10 bits per heavy atom. The van der Waals surface area contributed by atoms with Gasteiger partial charge in [-0.15, -0.1) is 0 Å². The fourth-order valence-corrected chi connectivity index (χ4v) is 4.50. The zero-order chi connectivity index (χ0) is 14.8. The maximum Gasteiger partial charge on any atom is 0.0939 e. The van der Waals surface area contributed by atoms with E-state index in [1.807, 2.05) is 7.11 Å². The molecular formula is C16H29NO4. The molecule has 3 fully saturated rings. The lowest BCUT2D eigenvalue weighted by Gasteiger charge is -2.49. The molecule has 0 aromatic heterocycles. The molecule has 0 radical (unpaired) electrons. The van der Waals surface area contributed by atoms with Crippen LogP contribution < -0.4 is 5.32 Å². The van der Waals surface area contributed by atoms with Crippen LogP contribution in [0.3, 0.4) is 0 Å². The summed E-state index contributed by atoms with van der Waals surface area (Å²) in [7, 11) is 3.91. The second-order valence-corrected chi connectivity index (χ2v) is 6.73. The molecule has 1 N–H and O–H groups in total. The summed E-state index contributed by atoms with van der Waals surface area (Å²) in [5, 5.41) is 3.56. The summed E-state index contributed by atoms with van der Waals surface area (Å²) in [5.41, 5.74) is -0.145. The summed E-state index contributed by atoms with van der Waals surface area (Å²) >= 11 is 0. The van der Waals surface area contributed by atoms with Crippen molar-refractivity contribution in [3.63, 3.8) is 0 Å². The van der Waals surface area contributed by atoms with Gasteiger partial charge < -0.3 is 24.3 Å². The van der Waals surface area contributed by atoms with Gasteiger partial charge in [0.15, 0.2) is 0 Å². The predicted molar refractivity (Wildman–Crippen MR) is 79.5 cm³/mol. The van der Waals surface area contributed by atoms with Crippen molar-refractivity contribution in [2.75, 3.05) is 47.2 Å². The summed E-state index contributed by atoms with van der Waals surface area (Å²) < 4.78 is 23.3. The molecule has 1 spiro atoms. The minimum Gasteiger partial charge on any atom is -0.381 e. The van der Waals surface area contributed by atoms with Crippen LogP contribution >= 0.6 is 0 Å². The van der Waals surface area contributed by atoms with Gasteiger partial charge in [-0.25, -0.2) is 0 Å². The molecule has 122 valence electrons. The van der Waals surface area contributed by atoms with Crippen LogP contribution in [0.25, 0.3) is 0 Å². The third-order valence-electron chi connectivity index (χ3n) is 5.69. The van der Waals surface area contributed by atoms with Crippen molar-refractivity contribution in [3.05, 3.63) is 0 Å². The average molecular weight is 299 g/mol. The Labute approximate surface area is 127 Å². The van der Waals surface area contributed by atoms with Crippen LogP contribution in [0.2, 0.25) is 0 Å². The Bertz CT molecular complexity index is 337. The highest BCUT2D eigenvalue weighted by Crippen LogP contribution is 2.41. The van der Waals surface area contributed by atoms with Gasteiger partial charge in [0.25, 0.3) is 0 Å². The Kier molecular flexibility index (Phi) is 4.86. The number of hydrogen-bond acceptors (Lipinski definition) is 5. The van der Waals surface area contributed by atoms with Crippen molar-refractivity contribution in [1.29, 1.82) is 0 Å². The molecule has 5 nitrogen and oxygen atoms in total. The molecule has 3 unspecified atom stereocenters. The van der Waals surface area contributed by atoms with Gasteiger partial charge in [0.1, 0.15) is 0 Å². The first-order valence-electron chi connectivity index (χ1n) is 8.25. The van der Waals surface area contributed by atoms with Gasteiger partial charge in [0.05, 0.1) is 17.8 Å². The molecule has 5 heteroatoms. The lowest BCUT2D eigenvalue weighted by Crippen LogP contribution is -2.59. The fraction of sp³-hybridized carbons (Fsp3) is 1.00. The second kappa shape index (κ2) is 6.50. The molecule has 0 saturated carbocycles. The highest BCUT2D eigenvalue weighted by atomic mass is 16.6. The normalized spacial score (nSPS) is 37.7. The maximum absolute atomic E-state index is 6.09. The van der Waals surface area contributed by atoms with Crippen molar-refractivity contribution in [2.45, 2.75) is 49.3 Å². The van der Waals surface area contributed by atoms with E-state index in [0.717, 1.165) is 65.1 Å². The first-order chi connectivity index (χ1) is 10.2. The monoisotopic (exact) mass is 299 g/mol. The smallest absolute Gasteiger partial charge is 0.0939 e. The van der Waals surface area contributed by atoms with Gasteiger partial charge in [-0.3, -0.25) is 0 Å². The van der Waals surface area contributed by atoms with E-state index in [0.29, 0.717) is 12.0 Å². The van der Waals surface area contributed by atoms with Crippen molar-refractivity contribution in [1.82, 2.24) is 5.32 Å². The first kappa shape index (κ1) is 15.7. The van der Waals surface area contributed by atoms with Crippen molar-refractivity contribution < 1.29 is 18.9 Å². The summed E-state index contributed by atoms with van der Waals surface area (Å²) in [6.07, 6.45) is 5.14. The van der Waals surface area contributed by atoms with Gasteiger partial charge in [0, 0.05) is 58.8 Å². The van der Waals surface area contributed by atoms with Crippen molar-refractivity contribution >= 4 is 0 Å². The van der Waals surface area contributed by atoms with Gasteiger partial charge >= 0.3 is 0 Å². The molecule has 0 aliphatic carbocycles. The number of hydrogen-bond donors (Lipinski definition) is 1. The highest BCUT2D eigenvalue weighted by molar-refractivity contribution is 5.02. The van der Waals surface area contributed by atoms with Crippen LogP contribution in [-0.4, -0.2) is 64.4 Å². The molecule has 3 saturated heterocycles. The first-order valence-corrected chi connectivity index (χ1v) is 8.25. The minimum atomic E-state index is -0.102. The van der Waals surface area contributed by atoms with E-state index in [9.17, 15) is 0 Å². The Balaban J connectivity index is 1.75. The summed E-state index contributed by atoms with van der Waals surface area (Å²) in [4.78, 5) is 0. The summed E-state index contributed by atoms with van der Waals surface area (Å²) in [5.74, 6) is 0.573. The maximum atomic E-state index is 6.09. The molecular weight excluding hydrogens is 270 g/mol. The van der Waals surface area contributed by atoms with Crippen LogP contribution in [-0.2, 0) is 18.9 Å². The molecule has 21 heavy (non-hydrogen) atoms. The van der Waals surface area contributed by atoms with Crippen LogP contribution in [0, 0.1) is 5.92 Å². The fourth-order valence-electron chi connectivity index (χ4n) is 4.50. The molecule has 3 aliphatic heterocycles. The average Bonchev–Trinajstić information content (AvgIpc) is 2.97. The van der Waals surface area contributed by atoms with Gasteiger partial charge in [-0.2, -0.15) is 0 Å². The van der Waals surface area contributed by atoms with Crippen molar-refractivity contribution in [3.8, 4) is 0 Å². The number of methoxy groups -OCH3 is 1. The molecule has 3 atom stereocenters. The molecule has 0 amide bonds. The molecule has 0 aromatic carbocycles. The molecule has 3 rings (SSSR count). The van der Waals surface area contributed by atoms with Crippen LogP contribution in [0.5, 0.6) is 0 Å². The van der Waals surface area contributed by atoms with E-state index < -0.39 is 0 Å². The third-order valence-corrected chi connectivity index (χ3v) is 5.69. The molecule has 0 aromatic rings. The SMILES string of the molecule is CNC(C1CCOC2(CCOC2)C1)C1(OC)CCOCC1. The lowest BCUT2D eigenvalue weighted by molar-refractivity contribution is -0.149. The van der Waals surface area contributed by atoms with E-state index in [1.54, 1.807) is 0 Å². The van der Waals surface area contributed by atoms with Gasteiger partial charge in [-0.1, -0.05) is 0 Å². The van der Waals surface area contributed by atoms with Crippen LogP contribution in [0.15, 0.2) is 0 Å². The summed E-state index contributed by atoms with van der Waals surface area (Å²) in [6.45, 7) is 4.01. The molecule has 3 heterocycles. The Morgan fingerprint density at radius 2 is 1.86 bits per heavy atom. The summed E-state index contributed by atoms with van der Waals surface area (Å²) in [6, 6.07) is 0.354. The molecule has 3 aliphatic rings. The topological polar surface area (TPSA) is 49.0 Å². The quantitative estimate of drug-likeness (QED) is 0.849. The number of likely N-dealkylation sites (N-methyl/N-ethyl adjacent to an activating group) is 1. The standard InChI is InChI=1S/C16H29NO4/c1-17-14(16(18-2)5-9-19-10-6-16)13-3-7-21-15(11-13)4-8-20-12-15/h13-14,17H,3-12H2,1-2H3. The van der Waals surface area contributed by atoms with Crippen molar-refractivity contribution in [2.24, 2.45) is 5.92 Å². The third kappa shape index (κ3) is 2.99. The number of nitrogens with one attached hydrogen (secondary N) is 1. The zero-order valence-corrected chi connectivity index (χ0v) is 13.4. The Morgan fingerprint density at radius 3 is 2.48 bits per heavy atom. The number of ether oxygens (including phenoxy) is 4.